The molecule has 1 N–H and O–H groups in total. The third-order valence-corrected chi connectivity index (χ3v) is 8.15. The molecule has 2 aromatic carbocycles. The Hall–Kier alpha value is -2.42. The Morgan fingerprint density at radius 3 is 2.55 bits per heavy atom. The first kappa shape index (κ1) is 22.4. The fourth-order valence-electron chi connectivity index (χ4n) is 5.27. The summed E-state index contributed by atoms with van der Waals surface area (Å²) in [6, 6.07) is 15.3. The van der Waals surface area contributed by atoms with Crippen molar-refractivity contribution in [2.24, 2.45) is 5.92 Å². The Kier molecular flexibility index (Phi) is 5.93. The van der Waals surface area contributed by atoms with Gasteiger partial charge in [-0.15, -0.1) is 0 Å². The minimum Gasteiger partial charge on any atom is -0.492 e. The van der Waals surface area contributed by atoms with Gasteiger partial charge in [-0.3, -0.25) is 9.29 Å². The first-order valence-electron chi connectivity index (χ1n) is 11.4. The number of para-hydroxylation sites is 1. The molecule has 0 radical (unpaired) electrons. The molecule has 33 heavy (non-hydrogen) atoms. The number of likely N-dealkylation sites (tertiary alicyclic amines) is 1. The lowest BCUT2D eigenvalue weighted by molar-refractivity contribution is 0.0668. The number of fused-ring (bicyclic) bond motifs is 3. The molecule has 2 aliphatic rings. The van der Waals surface area contributed by atoms with Crippen LogP contribution in [0.3, 0.4) is 0 Å². The zero-order chi connectivity index (χ0) is 23.2. The van der Waals surface area contributed by atoms with E-state index in [-0.39, 0.29) is 18.6 Å². The Labute approximate surface area is 194 Å². The number of hydrogen-bond acceptors (Lipinski definition) is 4. The zero-order valence-corrected chi connectivity index (χ0v) is 19.8. The van der Waals surface area contributed by atoms with Crippen LogP contribution in [0.1, 0.15) is 29.8 Å². The van der Waals surface area contributed by atoms with Crippen molar-refractivity contribution < 1.29 is 17.5 Å². The number of aromatic nitrogens is 1. The highest BCUT2D eigenvalue weighted by Gasteiger charge is 2.40. The number of alkyl halides is 1. The van der Waals surface area contributed by atoms with Gasteiger partial charge >= 0.3 is 0 Å². The predicted molar refractivity (Wildman–Crippen MR) is 128 cm³/mol. The molecule has 0 aliphatic carbocycles. The second-order valence-electron chi connectivity index (χ2n) is 9.31. The van der Waals surface area contributed by atoms with Crippen LogP contribution in [0.5, 0.6) is 5.75 Å². The minimum atomic E-state index is -3.44. The van der Waals surface area contributed by atoms with Crippen molar-refractivity contribution in [3.63, 3.8) is 0 Å². The van der Waals surface area contributed by atoms with E-state index in [1.54, 1.807) is 4.31 Å². The van der Waals surface area contributed by atoms with Gasteiger partial charge in [0.15, 0.2) is 0 Å². The quantitative estimate of drug-likeness (QED) is 0.570. The maximum absolute atomic E-state index is 12.8. The van der Waals surface area contributed by atoms with Crippen LogP contribution in [0.15, 0.2) is 48.5 Å². The summed E-state index contributed by atoms with van der Waals surface area (Å²) in [5, 5.41) is 1.15. The monoisotopic (exact) mass is 471 g/mol. The highest BCUT2D eigenvalue weighted by molar-refractivity contribution is 7.88. The van der Waals surface area contributed by atoms with Gasteiger partial charge in [-0.2, -0.15) is 4.31 Å². The normalized spacial score (nSPS) is 22.3. The SMILES string of the molecule is C[C@@H]1Cc2c([nH]c3ccccc23)[C@@H](c2ccc(OCCN3CC(CF)C3)cc2)N1S(C)(=O)=O. The molecule has 2 atom stereocenters. The van der Waals surface area contributed by atoms with Crippen LogP contribution >= 0.6 is 0 Å². The van der Waals surface area contributed by atoms with Gasteiger partial charge in [-0.25, -0.2) is 8.42 Å². The van der Waals surface area contributed by atoms with Crippen molar-refractivity contribution in [3.05, 3.63) is 65.4 Å². The number of ether oxygens (including phenoxy) is 1. The second kappa shape index (κ2) is 8.74. The molecule has 3 aromatic rings. The molecule has 0 unspecified atom stereocenters. The van der Waals surface area contributed by atoms with Gasteiger partial charge in [0, 0.05) is 48.2 Å². The van der Waals surface area contributed by atoms with E-state index in [4.69, 9.17) is 4.74 Å². The van der Waals surface area contributed by atoms with E-state index in [0.29, 0.717) is 13.0 Å². The molecule has 1 saturated heterocycles. The number of benzene rings is 2. The Morgan fingerprint density at radius 2 is 1.85 bits per heavy atom. The molecule has 176 valence electrons. The number of aromatic amines is 1. The molecule has 1 aromatic heterocycles. The van der Waals surface area contributed by atoms with Gasteiger partial charge in [0.05, 0.1) is 19.0 Å². The number of nitrogens with one attached hydrogen (secondary N) is 1. The molecule has 5 rings (SSSR count). The zero-order valence-electron chi connectivity index (χ0n) is 19.0. The lowest BCUT2D eigenvalue weighted by Gasteiger charge is -2.39. The van der Waals surface area contributed by atoms with Crippen LogP contribution in [0, 0.1) is 5.92 Å². The van der Waals surface area contributed by atoms with Gasteiger partial charge in [0.1, 0.15) is 12.4 Å². The smallest absolute Gasteiger partial charge is 0.212 e. The first-order valence-corrected chi connectivity index (χ1v) is 13.3. The molecule has 1 fully saturated rings. The number of H-pyrrole nitrogens is 1. The van der Waals surface area contributed by atoms with Crippen molar-refractivity contribution in [3.8, 4) is 5.75 Å². The topological polar surface area (TPSA) is 65.6 Å². The van der Waals surface area contributed by atoms with Crippen molar-refractivity contribution in [1.29, 1.82) is 0 Å². The second-order valence-corrected chi connectivity index (χ2v) is 11.2. The highest BCUT2D eigenvalue weighted by Crippen LogP contribution is 2.42. The number of halogens is 1. The van der Waals surface area contributed by atoms with Gasteiger partial charge < -0.3 is 9.72 Å². The summed E-state index contributed by atoms with van der Waals surface area (Å²) in [5.74, 6) is 0.919. The Bertz CT molecular complexity index is 1240. The molecule has 0 saturated carbocycles. The van der Waals surface area contributed by atoms with Crippen molar-refractivity contribution in [1.82, 2.24) is 14.2 Å². The third-order valence-electron chi connectivity index (χ3n) is 6.81. The molecule has 6 nitrogen and oxygen atoms in total. The van der Waals surface area contributed by atoms with E-state index in [1.807, 2.05) is 49.4 Å². The van der Waals surface area contributed by atoms with Gasteiger partial charge in [-0.05, 0) is 42.7 Å². The van der Waals surface area contributed by atoms with E-state index in [0.717, 1.165) is 47.5 Å². The molecule has 0 spiro atoms. The van der Waals surface area contributed by atoms with Gasteiger partial charge in [0.25, 0.3) is 0 Å². The number of rotatable bonds is 7. The van der Waals surface area contributed by atoms with Crippen LogP contribution in [0.25, 0.3) is 10.9 Å². The lowest BCUT2D eigenvalue weighted by Crippen LogP contribution is -2.49. The summed E-state index contributed by atoms with van der Waals surface area (Å²) in [6.07, 6.45) is 1.95. The maximum atomic E-state index is 12.8. The summed E-state index contributed by atoms with van der Waals surface area (Å²) >= 11 is 0. The first-order chi connectivity index (χ1) is 15.8. The van der Waals surface area contributed by atoms with Crippen molar-refractivity contribution in [2.75, 3.05) is 39.2 Å². The molecule has 0 bridgehead atoms. The van der Waals surface area contributed by atoms with Crippen LogP contribution in [0.4, 0.5) is 4.39 Å². The number of nitrogens with zero attached hydrogens (tertiary/aromatic N) is 2. The summed E-state index contributed by atoms with van der Waals surface area (Å²) in [5.41, 5.74) is 4.05. The van der Waals surface area contributed by atoms with Crippen LogP contribution < -0.4 is 4.74 Å². The average Bonchev–Trinajstić information content (AvgIpc) is 3.12. The largest absolute Gasteiger partial charge is 0.492 e. The maximum Gasteiger partial charge on any atom is 0.212 e. The van der Waals surface area contributed by atoms with Crippen molar-refractivity contribution in [2.45, 2.75) is 25.4 Å². The minimum absolute atomic E-state index is 0.155. The Morgan fingerprint density at radius 1 is 1.12 bits per heavy atom. The third kappa shape index (κ3) is 4.27. The van der Waals surface area contributed by atoms with E-state index in [9.17, 15) is 12.8 Å². The van der Waals surface area contributed by atoms with Crippen LogP contribution in [-0.4, -0.2) is 67.8 Å². The summed E-state index contributed by atoms with van der Waals surface area (Å²) in [7, 11) is -3.44. The van der Waals surface area contributed by atoms with E-state index < -0.39 is 16.1 Å². The van der Waals surface area contributed by atoms with E-state index >= 15 is 0 Å². The van der Waals surface area contributed by atoms with Crippen molar-refractivity contribution >= 4 is 20.9 Å². The lowest BCUT2D eigenvalue weighted by atomic mass is 9.91. The van der Waals surface area contributed by atoms with Crippen LogP contribution in [-0.2, 0) is 16.4 Å². The molecule has 2 aliphatic heterocycles. The number of sulfonamides is 1. The number of hydrogen-bond donors (Lipinski definition) is 1. The molecular formula is C25H30FN3O3S. The molecule has 8 heteroatoms. The fraction of sp³-hybridized carbons (Fsp3) is 0.440. The van der Waals surface area contributed by atoms with E-state index in [1.165, 1.54) is 11.8 Å². The van der Waals surface area contributed by atoms with Gasteiger partial charge in [0.2, 0.25) is 10.0 Å². The molecule has 3 heterocycles. The molecule has 0 amide bonds. The summed E-state index contributed by atoms with van der Waals surface area (Å²) in [6.45, 7) is 4.64. The Balaban J connectivity index is 1.40. The van der Waals surface area contributed by atoms with E-state index in [2.05, 4.69) is 16.0 Å². The molecular weight excluding hydrogens is 441 g/mol. The summed E-state index contributed by atoms with van der Waals surface area (Å²) in [4.78, 5) is 5.68. The fourth-order valence-corrected chi connectivity index (χ4v) is 6.61. The summed E-state index contributed by atoms with van der Waals surface area (Å²) < 4.78 is 45.7. The highest BCUT2D eigenvalue weighted by atomic mass is 32.2. The standard InChI is InChI=1S/C25H30FN3O3S/c1-17-13-22-21-5-3-4-6-23(21)27-24(22)25(29(17)33(2,30)31)19-7-9-20(10-8-19)32-12-11-28-15-18(14-26)16-28/h3-10,17-18,25,27H,11-16H2,1-2H3/t17-,25-/m1/s1. The average molecular weight is 472 g/mol. The van der Waals surface area contributed by atoms with Crippen LogP contribution in [0.2, 0.25) is 0 Å². The predicted octanol–water partition coefficient (Wildman–Crippen LogP) is 3.74. The van der Waals surface area contributed by atoms with Gasteiger partial charge in [-0.1, -0.05) is 30.3 Å².